The lowest BCUT2D eigenvalue weighted by Gasteiger charge is -2.31. The van der Waals surface area contributed by atoms with Crippen LogP contribution in [0.5, 0.6) is 0 Å². The Balaban J connectivity index is 2.25. The Morgan fingerprint density at radius 3 is 2.64 bits per heavy atom. The number of ether oxygens (including phenoxy) is 1. The van der Waals surface area contributed by atoms with Gasteiger partial charge in [-0.05, 0) is 36.5 Å². The van der Waals surface area contributed by atoms with E-state index in [4.69, 9.17) is 10.5 Å². The molecule has 4 nitrogen and oxygen atoms in total. The molecule has 1 atom stereocenters. The standard InChI is InChI=1S/C15H19F3N2O2/c16-15(17,18)12-3-1-2-11(8-12)14(20-9-13(19)21)10-4-6-22-7-5-10/h1-3,8,10,14,20H,4-7,9H2,(H2,19,21)/t14-/m0/s1. The highest BCUT2D eigenvalue weighted by atomic mass is 19.4. The van der Waals surface area contributed by atoms with Crippen molar-refractivity contribution in [2.75, 3.05) is 19.8 Å². The first-order valence-electron chi connectivity index (χ1n) is 7.14. The summed E-state index contributed by atoms with van der Waals surface area (Å²) in [6, 6.07) is 4.85. The predicted molar refractivity (Wildman–Crippen MR) is 74.9 cm³/mol. The van der Waals surface area contributed by atoms with Crippen LogP contribution in [0.3, 0.4) is 0 Å². The maximum Gasteiger partial charge on any atom is 0.416 e. The second kappa shape index (κ2) is 7.11. The van der Waals surface area contributed by atoms with Crippen LogP contribution in [0.25, 0.3) is 0 Å². The monoisotopic (exact) mass is 316 g/mol. The maximum atomic E-state index is 12.9. The first-order valence-corrected chi connectivity index (χ1v) is 7.14. The van der Waals surface area contributed by atoms with Gasteiger partial charge in [0, 0.05) is 19.3 Å². The SMILES string of the molecule is NC(=O)CN[C@H](c1cccc(C(F)(F)F)c1)C1CCOCC1. The zero-order valence-corrected chi connectivity index (χ0v) is 12.0. The molecule has 0 bridgehead atoms. The summed E-state index contributed by atoms with van der Waals surface area (Å²) in [5, 5.41) is 2.99. The summed E-state index contributed by atoms with van der Waals surface area (Å²) in [6.07, 6.45) is -2.93. The molecule has 1 aromatic carbocycles. The van der Waals surface area contributed by atoms with E-state index in [0.29, 0.717) is 18.8 Å². The highest BCUT2D eigenvalue weighted by Crippen LogP contribution is 2.34. The van der Waals surface area contributed by atoms with Crippen LogP contribution in [0.2, 0.25) is 0 Å². The smallest absolute Gasteiger partial charge is 0.381 e. The van der Waals surface area contributed by atoms with Crippen LogP contribution in [0.15, 0.2) is 24.3 Å². The Labute approximate surface area is 126 Å². The van der Waals surface area contributed by atoms with E-state index in [9.17, 15) is 18.0 Å². The summed E-state index contributed by atoms with van der Waals surface area (Å²) in [5.74, 6) is -0.430. The van der Waals surface area contributed by atoms with Gasteiger partial charge in [-0.15, -0.1) is 0 Å². The number of nitrogens with two attached hydrogens (primary N) is 1. The van der Waals surface area contributed by atoms with E-state index >= 15 is 0 Å². The molecule has 1 aromatic rings. The summed E-state index contributed by atoms with van der Waals surface area (Å²) >= 11 is 0. The van der Waals surface area contributed by atoms with Gasteiger partial charge in [-0.1, -0.05) is 12.1 Å². The summed E-state index contributed by atoms with van der Waals surface area (Å²) in [5.41, 5.74) is 4.97. The molecule has 1 aliphatic rings. The predicted octanol–water partition coefficient (Wildman–Crippen LogP) is 2.25. The van der Waals surface area contributed by atoms with Gasteiger partial charge in [-0.25, -0.2) is 0 Å². The number of nitrogens with one attached hydrogen (secondary N) is 1. The van der Waals surface area contributed by atoms with E-state index in [0.717, 1.165) is 25.0 Å². The molecule has 0 spiro atoms. The molecule has 22 heavy (non-hydrogen) atoms. The van der Waals surface area contributed by atoms with Gasteiger partial charge < -0.3 is 15.8 Å². The molecule has 122 valence electrons. The molecule has 1 saturated heterocycles. The van der Waals surface area contributed by atoms with Crippen LogP contribution >= 0.6 is 0 Å². The van der Waals surface area contributed by atoms with Gasteiger partial charge in [0.15, 0.2) is 0 Å². The van der Waals surface area contributed by atoms with Crippen molar-refractivity contribution in [3.05, 3.63) is 35.4 Å². The summed E-state index contributed by atoms with van der Waals surface area (Å²) < 4.78 is 43.9. The fourth-order valence-corrected chi connectivity index (χ4v) is 2.72. The fourth-order valence-electron chi connectivity index (χ4n) is 2.72. The average molecular weight is 316 g/mol. The van der Waals surface area contributed by atoms with Crippen molar-refractivity contribution >= 4 is 5.91 Å². The molecular weight excluding hydrogens is 297 g/mol. The molecule has 0 radical (unpaired) electrons. The Morgan fingerprint density at radius 2 is 2.05 bits per heavy atom. The normalized spacial score (nSPS) is 18.1. The number of carbonyl (C=O) groups is 1. The number of hydrogen-bond acceptors (Lipinski definition) is 3. The second-order valence-corrected chi connectivity index (χ2v) is 5.40. The minimum absolute atomic E-state index is 0.0712. The Bertz CT molecular complexity index is 514. The first kappa shape index (κ1) is 16.8. The van der Waals surface area contributed by atoms with Crippen LogP contribution in [0.1, 0.15) is 30.0 Å². The average Bonchev–Trinajstić information content (AvgIpc) is 2.48. The fraction of sp³-hybridized carbons (Fsp3) is 0.533. The highest BCUT2D eigenvalue weighted by Gasteiger charge is 2.32. The van der Waals surface area contributed by atoms with E-state index in [1.807, 2.05) is 0 Å². The lowest BCUT2D eigenvalue weighted by molar-refractivity contribution is -0.137. The Hall–Kier alpha value is -1.60. The van der Waals surface area contributed by atoms with Crippen LogP contribution < -0.4 is 11.1 Å². The zero-order chi connectivity index (χ0) is 16.2. The number of carbonyl (C=O) groups excluding carboxylic acids is 1. The number of hydrogen-bond donors (Lipinski definition) is 2. The second-order valence-electron chi connectivity index (χ2n) is 5.40. The molecular formula is C15H19F3N2O2. The largest absolute Gasteiger partial charge is 0.416 e. The van der Waals surface area contributed by atoms with Gasteiger partial charge in [0.25, 0.3) is 0 Å². The van der Waals surface area contributed by atoms with Gasteiger partial charge in [0.1, 0.15) is 0 Å². The van der Waals surface area contributed by atoms with Crippen molar-refractivity contribution in [1.29, 1.82) is 0 Å². The number of benzene rings is 1. The van der Waals surface area contributed by atoms with Crippen molar-refractivity contribution in [2.45, 2.75) is 25.1 Å². The van der Waals surface area contributed by atoms with E-state index < -0.39 is 17.6 Å². The van der Waals surface area contributed by atoms with Gasteiger partial charge in [0.2, 0.25) is 5.91 Å². The van der Waals surface area contributed by atoms with Gasteiger partial charge in [-0.2, -0.15) is 13.2 Å². The maximum absolute atomic E-state index is 12.9. The van der Waals surface area contributed by atoms with Crippen molar-refractivity contribution in [3.63, 3.8) is 0 Å². The number of rotatable bonds is 5. The molecule has 2 rings (SSSR count). The van der Waals surface area contributed by atoms with Gasteiger partial charge >= 0.3 is 6.18 Å². The number of amides is 1. The summed E-state index contributed by atoms with van der Waals surface area (Å²) in [4.78, 5) is 11.0. The molecule has 1 amide bonds. The molecule has 3 N–H and O–H groups in total. The van der Waals surface area contributed by atoms with E-state index in [1.54, 1.807) is 6.07 Å². The van der Waals surface area contributed by atoms with E-state index in [1.165, 1.54) is 6.07 Å². The molecule has 0 saturated carbocycles. The summed E-state index contributed by atoms with van der Waals surface area (Å²) in [6.45, 7) is 1.06. The minimum atomic E-state index is -4.39. The van der Waals surface area contributed by atoms with E-state index in [2.05, 4.69) is 5.32 Å². The topological polar surface area (TPSA) is 64.4 Å². The highest BCUT2D eigenvalue weighted by molar-refractivity contribution is 5.75. The van der Waals surface area contributed by atoms with E-state index in [-0.39, 0.29) is 18.5 Å². The Kier molecular flexibility index (Phi) is 5.42. The lowest BCUT2D eigenvalue weighted by Crippen LogP contribution is -2.37. The lowest BCUT2D eigenvalue weighted by atomic mass is 9.86. The minimum Gasteiger partial charge on any atom is -0.381 e. The first-order chi connectivity index (χ1) is 10.4. The molecule has 1 aliphatic heterocycles. The third kappa shape index (κ3) is 4.45. The number of primary amides is 1. The van der Waals surface area contributed by atoms with Crippen LogP contribution in [0.4, 0.5) is 13.2 Å². The van der Waals surface area contributed by atoms with Crippen molar-refractivity contribution in [2.24, 2.45) is 11.7 Å². The van der Waals surface area contributed by atoms with Crippen LogP contribution in [-0.2, 0) is 15.7 Å². The molecule has 0 unspecified atom stereocenters. The molecule has 7 heteroatoms. The third-order valence-corrected chi connectivity index (χ3v) is 3.81. The van der Waals surface area contributed by atoms with Crippen molar-refractivity contribution in [1.82, 2.24) is 5.32 Å². The number of alkyl halides is 3. The third-order valence-electron chi connectivity index (χ3n) is 3.81. The van der Waals surface area contributed by atoms with Gasteiger partial charge in [0.05, 0.1) is 12.1 Å². The summed E-state index contributed by atoms with van der Waals surface area (Å²) in [7, 11) is 0. The molecule has 1 fully saturated rings. The van der Waals surface area contributed by atoms with Crippen LogP contribution in [-0.4, -0.2) is 25.7 Å². The van der Waals surface area contributed by atoms with Gasteiger partial charge in [-0.3, -0.25) is 4.79 Å². The molecule has 1 heterocycles. The zero-order valence-electron chi connectivity index (χ0n) is 12.0. The van der Waals surface area contributed by atoms with Crippen molar-refractivity contribution < 1.29 is 22.7 Å². The van der Waals surface area contributed by atoms with Crippen LogP contribution in [0, 0.1) is 5.92 Å². The molecule has 0 aliphatic carbocycles. The Morgan fingerprint density at radius 1 is 1.36 bits per heavy atom. The van der Waals surface area contributed by atoms with Crippen molar-refractivity contribution in [3.8, 4) is 0 Å². The molecule has 0 aromatic heterocycles. The number of halogens is 3. The quantitative estimate of drug-likeness (QED) is 0.876.